The Bertz CT molecular complexity index is 877. The Hall–Kier alpha value is -0.820. The molecule has 0 aromatic heterocycles. The van der Waals surface area contributed by atoms with Gasteiger partial charge in [-0.15, -0.1) is 0 Å². The largest absolute Gasteiger partial charge is 0.353 e. The first-order chi connectivity index (χ1) is 17.8. The second-order valence-electron chi connectivity index (χ2n) is 13.7. The van der Waals surface area contributed by atoms with Crippen LogP contribution in [0.5, 0.6) is 0 Å². The molecule has 6 aliphatic rings. The van der Waals surface area contributed by atoms with Gasteiger partial charge in [0.05, 0.1) is 6.10 Å². The van der Waals surface area contributed by atoms with Crippen LogP contribution in [-0.4, -0.2) is 49.1 Å². The fraction of sp³-hybridized carbons (Fsp3) is 0.935. The summed E-state index contributed by atoms with van der Waals surface area (Å²) in [5, 5.41) is 0. The average Bonchev–Trinajstić information content (AvgIpc) is 3.18. The number of hydrogen-bond donors (Lipinski definition) is 0. The topological polar surface area (TPSA) is 71.1 Å². The molecule has 0 bridgehead atoms. The zero-order chi connectivity index (χ0) is 25.8. The summed E-state index contributed by atoms with van der Waals surface area (Å²) in [6.07, 6.45) is 13.0. The Morgan fingerprint density at radius 3 is 2.32 bits per heavy atom. The van der Waals surface area contributed by atoms with Crippen molar-refractivity contribution < 1.29 is 28.5 Å². The molecule has 0 aromatic carbocycles. The van der Waals surface area contributed by atoms with Crippen LogP contribution in [-0.2, 0) is 28.5 Å². The molecule has 6 fully saturated rings. The van der Waals surface area contributed by atoms with E-state index in [1.54, 1.807) is 6.92 Å². The van der Waals surface area contributed by atoms with E-state index in [9.17, 15) is 9.59 Å². The van der Waals surface area contributed by atoms with E-state index in [-0.39, 0.29) is 35.3 Å². The predicted octanol–water partition coefficient (Wildman–Crippen LogP) is 5.99. The third-order valence-corrected chi connectivity index (χ3v) is 12.0. The Labute approximate surface area is 222 Å². The number of carbonyl (C=O) groups is 2. The second-order valence-corrected chi connectivity index (χ2v) is 13.7. The number of rotatable bonds is 5. The minimum Gasteiger partial charge on any atom is -0.353 e. The van der Waals surface area contributed by atoms with Gasteiger partial charge >= 0.3 is 0 Å². The molecular weight excluding hydrogens is 468 g/mol. The SMILES string of the molecule is CC(=O)[C@@]1(O[C@H]2CCCCO2)CC[C@H]2[C@@H]3CC[C@@H]4CC(=O)CC[C@]4(C)[C@H]3[C@H](O[C@@H]3CCCCO3)C[C@@]21C. The van der Waals surface area contributed by atoms with E-state index in [0.717, 1.165) is 90.1 Å². The van der Waals surface area contributed by atoms with Gasteiger partial charge in [0.15, 0.2) is 18.4 Å². The Morgan fingerprint density at radius 2 is 1.65 bits per heavy atom. The first kappa shape index (κ1) is 26.4. The molecule has 4 saturated carbocycles. The monoisotopic (exact) mass is 516 g/mol. The fourth-order valence-corrected chi connectivity index (χ4v) is 10.1. The number of fused-ring (bicyclic) bond motifs is 5. The highest BCUT2D eigenvalue weighted by Gasteiger charge is 2.70. The quantitative estimate of drug-likeness (QED) is 0.447. The molecule has 0 aromatic rings. The van der Waals surface area contributed by atoms with Gasteiger partial charge in [-0.3, -0.25) is 9.59 Å². The highest BCUT2D eigenvalue weighted by Crippen LogP contribution is 2.69. The zero-order valence-electron chi connectivity index (χ0n) is 23.3. The van der Waals surface area contributed by atoms with Gasteiger partial charge in [0.1, 0.15) is 11.4 Å². The lowest BCUT2D eigenvalue weighted by Gasteiger charge is -2.63. The van der Waals surface area contributed by atoms with Crippen LogP contribution in [0.15, 0.2) is 0 Å². The van der Waals surface area contributed by atoms with Gasteiger partial charge < -0.3 is 18.9 Å². The maximum atomic E-state index is 13.6. The summed E-state index contributed by atoms with van der Waals surface area (Å²) in [5.41, 5.74) is -1.01. The van der Waals surface area contributed by atoms with Crippen LogP contribution in [0, 0.1) is 34.5 Å². The van der Waals surface area contributed by atoms with Crippen LogP contribution in [0.2, 0.25) is 0 Å². The van der Waals surface area contributed by atoms with Crippen molar-refractivity contribution in [3.63, 3.8) is 0 Å². The molecular formula is C31H48O6. The minimum atomic E-state index is -0.819. The molecule has 4 aliphatic carbocycles. The van der Waals surface area contributed by atoms with Crippen molar-refractivity contribution in [3.05, 3.63) is 0 Å². The number of carbonyl (C=O) groups excluding carboxylic acids is 2. The molecule has 6 rings (SSSR count). The normalized spacial score (nSPS) is 50.1. The van der Waals surface area contributed by atoms with Crippen LogP contribution in [0.25, 0.3) is 0 Å². The average molecular weight is 517 g/mol. The number of hydrogen-bond acceptors (Lipinski definition) is 6. The van der Waals surface area contributed by atoms with Crippen LogP contribution < -0.4 is 0 Å². The van der Waals surface area contributed by atoms with Gasteiger partial charge in [-0.2, -0.15) is 0 Å². The van der Waals surface area contributed by atoms with Gasteiger partial charge in [-0.1, -0.05) is 13.8 Å². The van der Waals surface area contributed by atoms with Crippen molar-refractivity contribution in [2.45, 2.75) is 135 Å². The smallest absolute Gasteiger partial charge is 0.162 e. The van der Waals surface area contributed by atoms with Crippen molar-refractivity contribution in [2.24, 2.45) is 34.5 Å². The molecule has 37 heavy (non-hydrogen) atoms. The molecule has 0 unspecified atom stereocenters. The van der Waals surface area contributed by atoms with Gasteiger partial charge in [0.25, 0.3) is 0 Å². The first-order valence-corrected chi connectivity index (χ1v) is 15.4. The zero-order valence-corrected chi connectivity index (χ0v) is 23.3. The molecule has 0 amide bonds. The van der Waals surface area contributed by atoms with Crippen molar-refractivity contribution in [2.75, 3.05) is 13.2 Å². The number of ether oxygens (including phenoxy) is 4. The van der Waals surface area contributed by atoms with Crippen LogP contribution >= 0.6 is 0 Å². The molecule has 6 heteroatoms. The predicted molar refractivity (Wildman–Crippen MR) is 139 cm³/mol. The van der Waals surface area contributed by atoms with Gasteiger partial charge in [-0.25, -0.2) is 0 Å². The highest BCUT2D eigenvalue weighted by atomic mass is 16.7. The molecule has 10 atom stereocenters. The second kappa shape index (κ2) is 9.98. The third-order valence-electron chi connectivity index (χ3n) is 12.0. The Kier molecular flexibility index (Phi) is 7.12. The number of ketones is 2. The lowest BCUT2D eigenvalue weighted by molar-refractivity contribution is -0.283. The van der Waals surface area contributed by atoms with E-state index in [2.05, 4.69) is 13.8 Å². The van der Waals surface area contributed by atoms with Crippen molar-refractivity contribution in [1.82, 2.24) is 0 Å². The summed E-state index contributed by atoms with van der Waals surface area (Å²) < 4.78 is 26.0. The maximum absolute atomic E-state index is 13.6. The molecule has 0 N–H and O–H groups in total. The lowest BCUT2D eigenvalue weighted by atomic mass is 9.43. The van der Waals surface area contributed by atoms with E-state index in [0.29, 0.717) is 42.5 Å². The standard InChI is InChI=1S/C31H48O6/c1-20(32)31(37-27-9-5-7-17-35-27)15-13-24-23-11-10-21-18-22(33)12-14-29(21,2)28(23)25(19-30(24,31)3)36-26-8-4-6-16-34-26/h21,23-28H,4-19H2,1-3H3/t21-,23+,24+,25-,26-,27+,28-,29+,30+,31+/m1/s1. The van der Waals surface area contributed by atoms with Crippen LogP contribution in [0.4, 0.5) is 0 Å². The van der Waals surface area contributed by atoms with E-state index in [4.69, 9.17) is 18.9 Å². The summed E-state index contributed by atoms with van der Waals surface area (Å²) in [7, 11) is 0. The van der Waals surface area contributed by atoms with Crippen LogP contribution in [0.1, 0.15) is 111 Å². The summed E-state index contributed by atoms with van der Waals surface area (Å²) >= 11 is 0. The van der Waals surface area contributed by atoms with Gasteiger partial charge in [0, 0.05) is 31.5 Å². The molecule has 2 aliphatic heterocycles. The lowest BCUT2D eigenvalue weighted by Crippen LogP contribution is -2.64. The van der Waals surface area contributed by atoms with Crippen molar-refractivity contribution in [3.8, 4) is 0 Å². The van der Waals surface area contributed by atoms with Crippen LogP contribution in [0.3, 0.4) is 0 Å². The first-order valence-electron chi connectivity index (χ1n) is 15.4. The van der Waals surface area contributed by atoms with Crippen molar-refractivity contribution >= 4 is 11.6 Å². The molecule has 2 saturated heterocycles. The Morgan fingerprint density at radius 1 is 0.919 bits per heavy atom. The molecule has 2 heterocycles. The fourth-order valence-electron chi connectivity index (χ4n) is 10.1. The highest BCUT2D eigenvalue weighted by molar-refractivity contribution is 5.86. The molecule has 0 radical (unpaired) electrons. The summed E-state index contributed by atoms with van der Waals surface area (Å²) in [5.74, 6) is 2.35. The van der Waals surface area contributed by atoms with Crippen molar-refractivity contribution in [1.29, 1.82) is 0 Å². The van der Waals surface area contributed by atoms with Gasteiger partial charge in [-0.05, 0) is 113 Å². The minimum absolute atomic E-state index is 0.0167. The van der Waals surface area contributed by atoms with Gasteiger partial charge in [0.2, 0.25) is 0 Å². The maximum Gasteiger partial charge on any atom is 0.162 e. The Balaban J connectivity index is 1.36. The number of Topliss-reactive ketones (excluding diaryl/α,β-unsaturated/α-hetero) is 2. The van der Waals surface area contributed by atoms with E-state index in [1.807, 2.05) is 0 Å². The summed E-state index contributed by atoms with van der Waals surface area (Å²) in [4.78, 5) is 26.1. The van der Waals surface area contributed by atoms with E-state index in [1.165, 1.54) is 0 Å². The van der Waals surface area contributed by atoms with E-state index >= 15 is 0 Å². The molecule has 208 valence electrons. The molecule has 6 nitrogen and oxygen atoms in total. The van der Waals surface area contributed by atoms with E-state index < -0.39 is 5.60 Å². The third kappa shape index (κ3) is 4.28. The summed E-state index contributed by atoms with van der Waals surface area (Å²) in [6, 6.07) is 0. The summed E-state index contributed by atoms with van der Waals surface area (Å²) in [6.45, 7) is 8.02. The molecule has 0 spiro atoms.